The van der Waals surface area contributed by atoms with E-state index in [1.165, 1.54) is 4.88 Å². The molecule has 6 nitrogen and oxygen atoms in total. The summed E-state index contributed by atoms with van der Waals surface area (Å²) in [6.07, 6.45) is 7.19. The van der Waals surface area contributed by atoms with Gasteiger partial charge in [-0.1, -0.05) is 30.3 Å². The molecule has 0 aliphatic carbocycles. The van der Waals surface area contributed by atoms with Crippen molar-refractivity contribution in [2.24, 2.45) is 0 Å². The van der Waals surface area contributed by atoms with Crippen molar-refractivity contribution in [3.8, 4) is 10.6 Å². The van der Waals surface area contributed by atoms with E-state index in [-0.39, 0.29) is 5.91 Å². The number of nitrogens with zero attached hydrogens (tertiary/aromatic N) is 5. The maximum Gasteiger partial charge on any atom is 0.228 e. The summed E-state index contributed by atoms with van der Waals surface area (Å²) in [5.74, 6) is 0.124. The fraction of sp³-hybridized carbons (Fsp3) is 0.300. The molecule has 1 aromatic carbocycles. The van der Waals surface area contributed by atoms with Crippen molar-refractivity contribution in [2.45, 2.75) is 13.0 Å². The average Bonchev–Trinajstić information content (AvgIpc) is 3.18. The molecule has 0 atom stereocenters. The van der Waals surface area contributed by atoms with Crippen LogP contribution in [0, 0.1) is 0 Å². The minimum atomic E-state index is 0.124. The Morgan fingerprint density at radius 2 is 1.81 bits per heavy atom. The van der Waals surface area contributed by atoms with E-state index < -0.39 is 0 Å². The Morgan fingerprint density at radius 3 is 2.56 bits per heavy atom. The van der Waals surface area contributed by atoms with Gasteiger partial charge in [0.1, 0.15) is 5.01 Å². The van der Waals surface area contributed by atoms with Gasteiger partial charge in [0, 0.05) is 68.0 Å². The van der Waals surface area contributed by atoms with Crippen molar-refractivity contribution in [3.05, 3.63) is 65.7 Å². The molecule has 3 heterocycles. The largest absolute Gasteiger partial charge is 0.340 e. The van der Waals surface area contributed by atoms with E-state index in [0.29, 0.717) is 6.42 Å². The van der Waals surface area contributed by atoms with E-state index in [0.717, 1.165) is 49.0 Å². The maximum atomic E-state index is 12.4. The lowest BCUT2D eigenvalue weighted by atomic mass is 10.2. The van der Waals surface area contributed by atoms with Crippen molar-refractivity contribution < 1.29 is 4.79 Å². The topological polar surface area (TPSA) is 62.2 Å². The van der Waals surface area contributed by atoms with Gasteiger partial charge in [-0.3, -0.25) is 19.7 Å². The molecule has 0 radical (unpaired) electrons. The zero-order valence-corrected chi connectivity index (χ0v) is 15.8. The lowest BCUT2D eigenvalue weighted by Crippen LogP contribution is -2.48. The molecule has 1 saturated heterocycles. The van der Waals surface area contributed by atoms with Gasteiger partial charge in [-0.15, -0.1) is 11.3 Å². The van der Waals surface area contributed by atoms with Crippen molar-refractivity contribution in [1.82, 2.24) is 24.8 Å². The Kier molecular flexibility index (Phi) is 5.50. The zero-order valence-electron chi connectivity index (χ0n) is 15.0. The minimum Gasteiger partial charge on any atom is -0.340 e. The first-order valence-electron chi connectivity index (χ1n) is 9.03. The molecule has 1 fully saturated rings. The molecular formula is C20H21N5OS. The van der Waals surface area contributed by atoms with Gasteiger partial charge in [-0.2, -0.15) is 0 Å². The van der Waals surface area contributed by atoms with Crippen LogP contribution in [0.2, 0.25) is 0 Å². The Morgan fingerprint density at radius 1 is 1.00 bits per heavy atom. The molecule has 0 bridgehead atoms. The average molecular weight is 379 g/mol. The number of aromatic nitrogens is 3. The van der Waals surface area contributed by atoms with E-state index in [1.807, 2.05) is 29.3 Å². The third kappa shape index (κ3) is 4.56. The molecular weight excluding hydrogens is 358 g/mol. The predicted molar refractivity (Wildman–Crippen MR) is 105 cm³/mol. The number of hydrogen-bond acceptors (Lipinski definition) is 6. The SMILES string of the molecule is O=C(Cc1cnccn1)N1CCN(Cc2cnc(-c3ccccc3)s2)CC1. The van der Waals surface area contributed by atoms with Crippen LogP contribution in [0.25, 0.3) is 10.6 Å². The normalized spacial score (nSPS) is 15.0. The van der Waals surface area contributed by atoms with E-state index in [4.69, 9.17) is 0 Å². The van der Waals surface area contributed by atoms with Crippen molar-refractivity contribution in [1.29, 1.82) is 0 Å². The predicted octanol–water partition coefficient (Wildman–Crippen LogP) is 2.49. The van der Waals surface area contributed by atoms with Gasteiger partial charge in [0.15, 0.2) is 0 Å². The molecule has 2 aromatic heterocycles. The Bertz CT molecular complexity index is 876. The standard InChI is InChI=1S/C20H21N5OS/c26-19(12-17-13-21-6-7-22-17)25-10-8-24(9-11-25)15-18-14-23-20(27-18)16-4-2-1-3-5-16/h1-7,13-14H,8-12,15H2. The summed E-state index contributed by atoms with van der Waals surface area (Å²) >= 11 is 1.74. The molecule has 138 valence electrons. The molecule has 0 saturated carbocycles. The van der Waals surface area contributed by atoms with Gasteiger partial charge in [0.2, 0.25) is 5.91 Å². The number of thiazole rings is 1. The zero-order chi connectivity index (χ0) is 18.5. The smallest absolute Gasteiger partial charge is 0.228 e. The molecule has 1 aliphatic heterocycles. The highest BCUT2D eigenvalue weighted by Crippen LogP contribution is 2.25. The van der Waals surface area contributed by atoms with Crippen LogP contribution >= 0.6 is 11.3 Å². The van der Waals surface area contributed by atoms with E-state index in [2.05, 4.69) is 32.0 Å². The molecule has 0 spiro atoms. The second kappa shape index (κ2) is 8.37. The third-order valence-electron chi connectivity index (χ3n) is 4.63. The minimum absolute atomic E-state index is 0.124. The Hall–Kier alpha value is -2.64. The van der Waals surface area contributed by atoms with E-state index >= 15 is 0 Å². The second-order valence-corrected chi connectivity index (χ2v) is 7.64. The summed E-state index contributed by atoms with van der Waals surface area (Å²) in [5.41, 5.74) is 1.89. The van der Waals surface area contributed by atoms with Crippen LogP contribution in [0.4, 0.5) is 0 Å². The van der Waals surface area contributed by atoms with E-state index in [1.54, 1.807) is 29.9 Å². The van der Waals surface area contributed by atoms with Gasteiger partial charge in [0.05, 0.1) is 12.1 Å². The van der Waals surface area contributed by atoms with Crippen LogP contribution in [0.3, 0.4) is 0 Å². The summed E-state index contributed by atoms with van der Waals surface area (Å²) in [6.45, 7) is 4.15. The quantitative estimate of drug-likeness (QED) is 0.682. The van der Waals surface area contributed by atoms with Crippen molar-refractivity contribution >= 4 is 17.2 Å². The number of carbonyl (C=O) groups excluding carboxylic acids is 1. The summed E-state index contributed by atoms with van der Waals surface area (Å²) in [5, 5.41) is 1.06. The van der Waals surface area contributed by atoms with Crippen LogP contribution in [0.15, 0.2) is 55.1 Å². The molecule has 0 unspecified atom stereocenters. The first kappa shape index (κ1) is 17.8. The Balaban J connectivity index is 1.28. The van der Waals surface area contributed by atoms with Crippen molar-refractivity contribution in [2.75, 3.05) is 26.2 Å². The molecule has 1 amide bonds. The summed E-state index contributed by atoms with van der Waals surface area (Å²) < 4.78 is 0. The second-order valence-electron chi connectivity index (χ2n) is 6.53. The fourth-order valence-electron chi connectivity index (χ4n) is 3.16. The van der Waals surface area contributed by atoms with Gasteiger partial charge >= 0.3 is 0 Å². The van der Waals surface area contributed by atoms with E-state index in [9.17, 15) is 4.79 Å². The number of amides is 1. The third-order valence-corrected chi connectivity index (χ3v) is 5.66. The molecule has 1 aliphatic rings. The molecule has 27 heavy (non-hydrogen) atoms. The van der Waals surface area contributed by atoms with Crippen LogP contribution in [0.1, 0.15) is 10.6 Å². The van der Waals surface area contributed by atoms with Crippen molar-refractivity contribution in [3.63, 3.8) is 0 Å². The van der Waals surface area contributed by atoms with Gasteiger partial charge in [-0.25, -0.2) is 4.98 Å². The number of rotatable bonds is 5. The summed E-state index contributed by atoms with van der Waals surface area (Å²) in [7, 11) is 0. The highest BCUT2D eigenvalue weighted by Gasteiger charge is 2.22. The van der Waals surface area contributed by atoms with Crippen LogP contribution in [-0.2, 0) is 17.8 Å². The van der Waals surface area contributed by atoms with Crippen LogP contribution in [-0.4, -0.2) is 56.8 Å². The first-order chi connectivity index (χ1) is 13.3. The first-order valence-corrected chi connectivity index (χ1v) is 9.85. The lowest BCUT2D eigenvalue weighted by molar-refractivity contribution is -0.132. The number of benzene rings is 1. The van der Waals surface area contributed by atoms with Crippen LogP contribution < -0.4 is 0 Å². The van der Waals surface area contributed by atoms with Gasteiger partial charge < -0.3 is 4.90 Å². The highest BCUT2D eigenvalue weighted by molar-refractivity contribution is 7.15. The summed E-state index contributed by atoms with van der Waals surface area (Å²) in [6, 6.07) is 10.3. The molecule has 3 aromatic rings. The van der Waals surface area contributed by atoms with Gasteiger partial charge in [-0.05, 0) is 0 Å². The van der Waals surface area contributed by atoms with Gasteiger partial charge in [0.25, 0.3) is 0 Å². The highest BCUT2D eigenvalue weighted by atomic mass is 32.1. The number of hydrogen-bond donors (Lipinski definition) is 0. The number of piperazine rings is 1. The molecule has 4 rings (SSSR count). The van der Waals surface area contributed by atoms with Crippen LogP contribution in [0.5, 0.6) is 0 Å². The fourth-order valence-corrected chi connectivity index (χ4v) is 4.12. The monoisotopic (exact) mass is 379 g/mol. The Labute approximate surface area is 162 Å². The number of carbonyl (C=O) groups is 1. The lowest BCUT2D eigenvalue weighted by Gasteiger charge is -2.34. The molecule has 0 N–H and O–H groups in total. The summed E-state index contributed by atoms with van der Waals surface area (Å²) in [4.78, 5) is 30.8. The maximum absolute atomic E-state index is 12.4. The molecule has 7 heteroatoms.